The zero-order valence-electron chi connectivity index (χ0n) is 13.0. The van der Waals surface area contributed by atoms with Gasteiger partial charge in [-0.15, -0.1) is 0 Å². The first-order chi connectivity index (χ1) is 10.4. The molecule has 2 rings (SSSR count). The van der Waals surface area contributed by atoms with E-state index in [-0.39, 0.29) is 5.91 Å². The van der Waals surface area contributed by atoms with Crippen LogP contribution in [-0.4, -0.2) is 37.3 Å². The Kier molecular flexibility index (Phi) is 4.71. The first-order valence-corrected chi connectivity index (χ1v) is 7.13. The third kappa shape index (κ3) is 3.39. The molecule has 1 aromatic carbocycles. The van der Waals surface area contributed by atoms with Crippen molar-refractivity contribution in [3.05, 3.63) is 24.3 Å². The maximum absolute atomic E-state index is 12.2. The van der Waals surface area contributed by atoms with Crippen LogP contribution in [-0.2, 0) is 14.3 Å². The summed E-state index contributed by atoms with van der Waals surface area (Å²) in [6.45, 7) is 4.48. The molecule has 6 heteroatoms. The Bertz CT molecular complexity index is 569. The van der Waals surface area contributed by atoms with Crippen molar-refractivity contribution in [2.24, 2.45) is 17.3 Å². The number of carboxylic acid groups (broad SMARTS) is 1. The molecule has 1 aliphatic rings. The number of ether oxygens (including phenoxy) is 2. The van der Waals surface area contributed by atoms with Crippen molar-refractivity contribution >= 4 is 17.6 Å². The van der Waals surface area contributed by atoms with Gasteiger partial charge in [-0.25, -0.2) is 0 Å². The zero-order valence-corrected chi connectivity index (χ0v) is 13.0. The van der Waals surface area contributed by atoms with E-state index >= 15 is 0 Å². The molecule has 1 amide bonds. The number of aliphatic carboxylic acids is 1. The Morgan fingerprint density at radius 2 is 2.00 bits per heavy atom. The Morgan fingerprint density at radius 1 is 1.27 bits per heavy atom. The first kappa shape index (κ1) is 16.3. The van der Waals surface area contributed by atoms with Crippen molar-refractivity contribution in [2.75, 3.05) is 25.6 Å². The second kappa shape index (κ2) is 6.36. The molecule has 6 nitrogen and oxygen atoms in total. The predicted octanol–water partition coefficient (Wildman–Crippen LogP) is 2.01. The summed E-state index contributed by atoms with van der Waals surface area (Å²) in [6.07, 6.45) is 0. The Labute approximate surface area is 129 Å². The number of rotatable bonds is 7. The van der Waals surface area contributed by atoms with Crippen LogP contribution in [0, 0.1) is 17.3 Å². The largest absolute Gasteiger partial charge is 0.491 e. The van der Waals surface area contributed by atoms with Crippen molar-refractivity contribution < 1.29 is 24.2 Å². The summed E-state index contributed by atoms with van der Waals surface area (Å²) in [5, 5.41) is 11.9. The van der Waals surface area contributed by atoms with E-state index in [0.29, 0.717) is 24.7 Å². The van der Waals surface area contributed by atoms with Gasteiger partial charge in [0.25, 0.3) is 0 Å². The molecule has 0 heterocycles. The summed E-state index contributed by atoms with van der Waals surface area (Å²) >= 11 is 0. The molecule has 2 N–H and O–H groups in total. The molecule has 0 aliphatic heterocycles. The lowest BCUT2D eigenvalue weighted by atomic mass is 10.1. The van der Waals surface area contributed by atoms with Crippen molar-refractivity contribution in [1.82, 2.24) is 0 Å². The van der Waals surface area contributed by atoms with E-state index in [4.69, 9.17) is 14.6 Å². The smallest absolute Gasteiger partial charge is 0.307 e. The highest BCUT2D eigenvalue weighted by Crippen LogP contribution is 2.58. The van der Waals surface area contributed by atoms with E-state index in [0.717, 1.165) is 0 Å². The van der Waals surface area contributed by atoms with Crippen LogP contribution in [0.4, 0.5) is 5.69 Å². The summed E-state index contributed by atoms with van der Waals surface area (Å²) in [4.78, 5) is 23.4. The Balaban J connectivity index is 1.98. The molecule has 1 aliphatic carbocycles. The van der Waals surface area contributed by atoms with Crippen molar-refractivity contribution in [1.29, 1.82) is 0 Å². The zero-order chi connectivity index (χ0) is 16.3. The molecule has 1 aromatic rings. The number of hydrogen-bond acceptors (Lipinski definition) is 4. The van der Waals surface area contributed by atoms with Gasteiger partial charge in [0.2, 0.25) is 5.91 Å². The van der Waals surface area contributed by atoms with E-state index in [2.05, 4.69) is 5.32 Å². The quantitative estimate of drug-likeness (QED) is 0.753. The highest BCUT2D eigenvalue weighted by atomic mass is 16.5. The summed E-state index contributed by atoms with van der Waals surface area (Å²) < 4.78 is 10.4. The van der Waals surface area contributed by atoms with Gasteiger partial charge in [-0.3, -0.25) is 9.59 Å². The summed E-state index contributed by atoms with van der Waals surface area (Å²) in [5.41, 5.74) is 0.0782. The molecule has 0 bridgehead atoms. The maximum atomic E-state index is 12.2. The minimum absolute atomic E-state index is 0.272. The van der Waals surface area contributed by atoms with Gasteiger partial charge in [0, 0.05) is 18.9 Å². The van der Waals surface area contributed by atoms with E-state index < -0.39 is 23.2 Å². The molecular formula is C16H21NO5. The minimum atomic E-state index is -0.929. The van der Waals surface area contributed by atoms with Crippen LogP contribution in [0.3, 0.4) is 0 Å². The van der Waals surface area contributed by atoms with Crippen LogP contribution < -0.4 is 10.1 Å². The summed E-state index contributed by atoms with van der Waals surface area (Å²) in [7, 11) is 1.59. The van der Waals surface area contributed by atoms with Gasteiger partial charge in [0.05, 0.1) is 18.4 Å². The fraction of sp³-hybridized carbons (Fsp3) is 0.500. The van der Waals surface area contributed by atoms with E-state index in [9.17, 15) is 9.59 Å². The molecular weight excluding hydrogens is 286 g/mol. The van der Waals surface area contributed by atoms with Gasteiger partial charge in [-0.05, 0) is 17.5 Å². The standard InChI is InChI=1S/C16H21NO5/c1-16(2)12(13(16)15(19)20)14(18)17-10-5-4-6-11(9-10)22-8-7-21-3/h4-6,9,12-13H,7-8H2,1-3H3,(H,17,18)(H,19,20)/t12-,13+/m0/s1. The number of carboxylic acids is 1. The molecule has 0 radical (unpaired) electrons. The van der Waals surface area contributed by atoms with Crippen LogP contribution in [0.1, 0.15) is 13.8 Å². The monoisotopic (exact) mass is 307 g/mol. The number of methoxy groups -OCH3 is 1. The highest BCUT2D eigenvalue weighted by Gasteiger charge is 2.65. The normalized spacial score (nSPS) is 22.0. The van der Waals surface area contributed by atoms with E-state index in [1.165, 1.54) is 0 Å². The molecule has 0 saturated heterocycles. The van der Waals surface area contributed by atoms with Gasteiger partial charge >= 0.3 is 5.97 Å². The predicted molar refractivity (Wildman–Crippen MR) is 80.8 cm³/mol. The highest BCUT2D eigenvalue weighted by molar-refractivity contribution is 5.99. The van der Waals surface area contributed by atoms with E-state index in [1.54, 1.807) is 45.2 Å². The average molecular weight is 307 g/mol. The maximum Gasteiger partial charge on any atom is 0.307 e. The third-order valence-electron chi connectivity index (χ3n) is 4.03. The Hall–Kier alpha value is -2.08. The van der Waals surface area contributed by atoms with Crippen LogP contribution in [0.2, 0.25) is 0 Å². The number of carbonyl (C=O) groups is 2. The lowest BCUT2D eigenvalue weighted by Crippen LogP contribution is -2.17. The molecule has 1 saturated carbocycles. The second-order valence-corrected chi connectivity index (χ2v) is 5.97. The van der Waals surface area contributed by atoms with Crippen LogP contribution in [0.15, 0.2) is 24.3 Å². The fourth-order valence-corrected chi connectivity index (χ4v) is 2.71. The molecule has 120 valence electrons. The SMILES string of the molecule is COCCOc1cccc(NC(=O)[C@@H]2[C@H](C(=O)O)C2(C)C)c1. The van der Waals surface area contributed by atoms with Gasteiger partial charge in [0.15, 0.2) is 0 Å². The fourth-order valence-electron chi connectivity index (χ4n) is 2.71. The molecule has 2 atom stereocenters. The van der Waals surface area contributed by atoms with Gasteiger partial charge in [-0.2, -0.15) is 0 Å². The van der Waals surface area contributed by atoms with Crippen molar-refractivity contribution in [2.45, 2.75) is 13.8 Å². The second-order valence-electron chi connectivity index (χ2n) is 5.97. The topological polar surface area (TPSA) is 84.9 Å². The lowest BCUT2D eigenvalue weighted by molar-refractivity contribution is -0.140. The number of anilines is 1. The Morgan fingerprint density at radius 3 is 2.59 bits per heavy atom. The van der Waals surface area contributed by atoms with Crippen molar-refractivity contribution in [3.8, 4) is 5.75 Å². The van der Waals surface area contributed by atoms with Crippen LogP contribution in [0.5, 0.6) is 5.75 Å². The number of carbonyl (C=O) groups excluding carboxylic acids is 1. The number of nitrogens with one attached hydrogen (secondary N) is 1. The minimum Gasteiger partial charge on any atom is -0.491 e. The molecule has 0 aromatic heterocycles. The molecule has 0 spiro atoms. The summed E-state index contributed by atoms with van der Waals surface area (Å²) in [5.74, 6) is -1.72. The molecule has 0 unspecified atom stereocenters. The van der Waals surface area contributed by atoms with Gasteiger partial charge in [-0.1, -0.05) is 19.9 Å². The van der Waals surface area contributed by atoms with Crippen LogP contribution in [0.25, 0.3) is 0 Å². The third-order valence-corrected chi connectivity index (χ3v) is 4.03. The lowest BCUT2D eigenvalue weighted by Gasteiger charge is -2.09. The number of hydrogen-bond donors (Lipinski definition) is 2. The van der Waals surface area contributed by atoms with E-state index in [1.807, 2.05) is 0 Å². The van der Waals surface area contributed by atoms with Gasteiger partial charge in [0.1, 0.15) is 12.4 Å². The number of benzene rings is 1. The van der Waals surface area contributed by atoms with Crippen molar-refractivity contribution in [3.63, 3.8) is 0 Å². The first-order valence-electron chi connectivity index (χ1n) is 7.13. The number of amides is 1. The van der Waals surface area contributed by atoms with Gasteiger partial charge < -0.3 is 19.9 Å². The molecule has 22 heavy (non-hydrogen) atoms. The molecule has 1 fully saturated rings. The summed E-state index contributed by atoms with van der Waals surface area (Å²) in [6, 6.07) is 7.00. The van der Waals surface area contributed by atoms with Crippen LogP contribution >= 0.6 is 0 Å². The average Bonchev–Trinajstić information content (AvgIpc) is 3.03.